The summed E-state index contributed by atoms with van der Waals surface area (Å²) in [5.74, 6) is 0.775. The number of hydrogen-bond acceptors (Lipinski definition) is 1. The van der Waals surface area contributed by atoms with Gasteiger partial charge in [0.25, 0.3) is 0 Å². The van der Waals surface area contributed by atoms with Crippen LogP contribution in [0.1, 0.15) is 43.4 Å². The number of aryl methyl sites for hydroxylation is 1. The highest BCUT2D eigenvalue weighted by Crippen LogP contribution is 2.32. The van der Waals surface area contributed by atoms with Gasteiger partial charge in [-0.3, -0.25) is 4.99 Å². The van der Waals surface area contributed by atoms with E-state index in [-0.39, 0.29) is 0 Å². The molecule has 1 atom stereocenters. The molecule has 2 heteroatoms. The van der Waals surface area contributed by atoms with Gasteiger partial charge in [-0.1, -0.05) is 31.2 Å². The fourth-order valence-electron chi connectivity index (χ4n) is 2.15. The predicted molar refractivity (Wildman–Crippen MR) is 64.0 cm³/mol. The fraction of sp³-hybridized carbons (Fsp3) is 0.462. The van der Waals surface area contributed by atoms with Crippen molar-refractivity contribution in [3.8, 4) is 0 Å². The molecule has 80 valence electrons. The van der Waals surface area contributed by atoms with E-state index >= 15 is 0 Å². The normalized spacial score (nSPS) is 21.1. The zero-order chi connectivity index (χ0) is 10.7. The molecular formula is C13H18N2. The van der Waals surface area contributed by atoms with Crippen LogP contribution in [0.25, 0.3) is 0 Å². The van der Waals surface area contributed by atoms with Crippen LogP contribution < -0.4 is 5.73 Å². The van der Waals surface area contributed by atoms with Crippen LogP contribution in [0.3, 0.4) is 0 Å². The van der Waals surface area contributed by atoms with Crippen LogP contribution in [0.5, 0.6) is 0 Å². The number of fused-ring (bicyclic) bond motifs is 1. The lowest BCUT2D eigenvalue weighted by molar-refractivity contribution is 0.571. The molecule has 1 aromatic carbocycles. The second-order valence-corrected chi connectivity index (χ2v) is 4.08. The Bertz CT molecular complexity index is 369. The van der Waals surface area contributed by atoms with Gasteiger partial charge in [-0.05, 0) is 30.4 Å². The predicted octanol–water partition coefficient (Wildman–Crippen LogP) is 2.83. The van der Waals surface area contributed by atoms with Crippen LogP contribution in [-0.4, -0.2) is 5.84 Å². The van der Waals surface area contributed by atoms with Crippen molar-refractivity contribution in [3.63, 3.8) is 0 Å². The first-order chi connectivity index (χ1) is 7.31. The summed E-state index contributed by atoms with van der Waals surface area (Å²) < 4.78 is 0. The third-order valence-electron chi connectivity index (χ3n) is 3.02. The van der Waals surface area contributed by atoms with Crippen molar-refractivity contribution in [3.05, 3.63) is 35.4 Å². The number of hydrogen-bond donors (Lipinski definition) is 1. The smallest absolute Gasteiger partial charge is 0.0941 e. The molecule has 0 saturated heterocycles. The van der Waals surface area contributed by atoms with Gasteiger partial charge in [-0.2, -0.15) is 0 Å². The number of aliphatic imine (C=N–C) groups is 1. The summed E-state index contributed by atoms with van der Waals surface area (Å²) in [6.45, 7) is 2.05. The van der Waals surface area contributed by atoms with Crippen molar-refractivity contribution in [1.82, 2.24) is 0 Å². The van der Waals surface area contributed by atoms with Crippen molar-refractivity contribution in [2.75, 3.05) is 0 Å². The standard InChI is InChI=1S/C13H18N2/c1-2-13(14)15-12-9-5-7-10-6-3-4-8-11(10)12/h3-4,6,8,12H,2,5,7,9H2,1H3,(H2,14,15). The molecule has 0 saturated carbocycles. The molecule has 1 aromatic rings. The molecule has 0 spiro atoms. The largest absolute Gasteiger partial charge is 0.387 e. The van der Waals surface area contributed by atoms with Crippen LogP contribution >= 0.6 is 0 Å². The molecule has 2 N–H and O–H groups in total. The first-order valence-electron chi connectivity index (χ1n) is 5.71. The number of rotatable bonds is 2. The third kappa shape index (κ3) is 2.20. The minimum absolute atomic E-state index is 0.301. The second-order valence-electron chi connectivity index (χ2n) is 4.08. The molecule has 1 unspecified atom stereocenters. The van der Waals surface area contributed by atoms with Crippen LogP contribution in [0.15, 0.2) is 29.3 Å². The fourth-order valence-corrected chi connectivity index (χ4v) is 2.15. The van der Waals surface area contributed by atoms with Gasteiger partial charge >= 0.3 is 0 Å². The second kappa shape index (κ2) is 4.47. The van der Waals surface area contributed by atoms with E-state index in [0.29, 0.717) is 6.04 Å². The van der Waals surface area contributed by atoms with Crippen molar-refractivity contribution in [1.29, 1.82) is 0 Å². The quantitative estimate of drug-likeness (QED) is 0.581. The summed E-state index contributed by atoms with van der Waals surface area (Å²) in [6, 6.07) is 8.89. The van der Waals surface area contributed by atoms with Crippen LogP contribution in [-0.2, 0) is 6.42 Å². The van der Waals surface area contributed by atoms with Gasteiger partial charge in [-0.25, -0.2) is 0 Å². The van der Waals surface area contributed by atoms with Gasteiger partial charge in [0.2, 0.25) is 0 Å². The lowest BCUT2D eigenvalue weighted by Crippen LogP contribution is -2.15. The van der Waals surface area contributed by atoms with Gasteiger partial charge in [-0.15, -0.1) is 0 Å². The van der Waals surface area contributed by atoms with Crippen LogP contribution in [0, 0.1) is 0 Å². The molecule has 2 rings (SSSR count). The lowest BCUT2D eigenvalue weighted by Gasteiger charge is -2.22. The highest BCUT2D eigenvalue weighted by molar-refractivity contribution is 5.80. The molecule has 2 nitrogen and oxygen atoms in total. The summed E-state index contributed by atoms with van der Waals surface area (Å²) in [7, 11) is 0. The number of benzene rings is 1. The summed E-state index contributed by atoms with van der Waals surface area (Å²) in [5, 5.41) is 0. The molecule has 0 radical (unpaired) electrons. The summed E-state index contributed by atoms with van der Waals surface area (Å²) in [4.78, 5) is 4.59. The molecule has 0 fully saturated rings. The Morgan fingerprint density at radius 1 is 1.47 bits per heavy atom. The van der Waals surface area contributed by atoms with Gasteiger partial charge in [0, 0.05) is 6.42 Å². The third-order valence-corrected chi connectivity index (χ3v) is 3.02. The number of amidine groups is 1. The maximum absolute atomic E-state index is 5.81. The Kier molecular flexibility index (Phi) is 3.05. The average Bonchev–Trinajstić information content (AvgIpc) is 2.29. The molecular weight excluding hydrogens is 184 g/mol. The Morgan fingerprint density at radius 2 is 2.27 bits per heavy atom. The molecule has 0 amide bonds. The first-order valence-corrected chi connectivity index (χ1v) is 5.71. The van der Waals surface area contributed by atoms with E-state index in [2.05, 4.69) is 29.3 Å². The Balaban J connectivity index is 2.30. The molecule has 15 heavy (non-hydrogen) atoms. The van der Waals surface area contributed by atoms with E-state index in [1.54, 1.807) is 0 Å². The maximum atomic E-state index is 5.81. The minimum atomic E-state index is 0.301. The molecule has 0 heterocycles. The Morgan fingerprint density at radius 3 is 3.07 bits per heavy atom. The monoisotopic (exact) mass is 202 g/mol. The Labute approximate surface area is 91.2 Å². The van der Waals surface area contributed by atoms with E-state index in [9.17, 15) is 0 Å². The van der Waals surface area contributed by atoms with E-state index < -0.39 is 0 Å². The van der Waals surface area contributed by atoms with Gasteiger partial charge in [0.1, 0.15) is 0 Å². The summed E-state index contributed by atoms with van der Waals surface area (Å²) >= 11 is 0. The molecule has 0 aromatic heterocycles. The lowest BCUT2D eigenvalue weighted by atomic mass is 9.88. The van der Waals surface area contributed by atoms with Crippen molar-refractivity contribution >= 4 is 5.84 Å². The van der Waals surface area contributed by atoms with E-state index in [1.165, 1.54) is 24.0 Å². The zero-order valence-corrected chi connectivity index (χ0v) is 9.24. The van der Waals surface area contributed by atoms with E-state index in [0.717, 1.165) is 18.7 Å². The van der Waals surface area contributed by atoms with E-state index in [4.69, 9.17) is 5.73 Å². The Hall–Kier alpha value is -1.31. The molecule has 0 aliphatic heterocycles. The highest BCUT2D eigenvalue weighted by atomic mass is 14.9. The van der Waals surface area contributed by atoms with Crippen molar-refractivity contribution < 1.29 is 0 Å². The highest BCUT2D eigenvalue weighted by Gasteiger charge is 2.18. The van der Waals surface area contributed by atoms with Crippen molar-refractivity contribution in [2.24, 2.45) is 10.7 Å². The summed E-state index contributed by atoms with van der Waals surface area (Å²) in [6.07, 6.45) is 4.40. The zero-order valence-electron chi connectivity index (χ0n) is 9.24. The van der Waals surface area contributed by atoms with Gasteiger partial charge < -0.3 is 5.73 Å². The first kappa shape index (κ1) is 10.2. The summed E-state index contributed by atoms with van der Waals surface area (Å²) in [5.41, 5.74) is 8.63. The minimum Gasteiger partial charge on any atom is -0.387 e. The molecule has 1 aliphatic carbocycles. The van der Waals surface area contributed by atoms with Gasteiger partial charge in [0.15, 0.2) is 0 Å². The van der Waals surface area contributed by atoms with Crippen molar-refractivity contribution in [2.45, 2.75) is 38.6 Å². The maximum Gasteiger partial charge on any atom is 0.0941 e. The van der Waals surface area contributed by atoms with Crippen LogP contribution in [0.4, 0.5) is 0 Å². The van der Waals surface area contributed by atoms with E-state index in [1.807, 2.05) is 6.92 Å². The SMILES string of the molecule is CCC(N)=NC1CCCc2ccccc21. The number of nitrogens with two attached hydrogens (primary N) is 1. The molecule has 0 bridgehead atoms. The number of nitrogens with zero attached hydrogens (tertiary/aromatic N) is 1. The molecule has 1 aliphatic rings. The van der Waals surface area contributed by atoms with Gasteiger partial charge in [0.05, 0.1) is 11.9 Å². The van der Waals surface area contributed by atoms with Crippen LogP contribution in [0.2, 0.25) is 0 Å². The average molecular weight is 202 g/mol. The topological polar surface area (TPSA) is 38.4 Å².